The Morgan fingerprint density at radius 3 is 2.80 bits per heavy atom. The second-order valence-electron chi connectivity index (χ2n) is 4.45. The van der Waals surface area contributed by atoms with Gasteiger partial charge in [-0.05, 0) is 0 Å². The van der Waals surface area contributed by atoms with Crippen molar-refractivity contribution in [2.24, 2.45) is 0 Å². The Labute approximate surface area is 112 Å². The summed E-state index contributed by atoms with van der Waals surface area (Å²) in [5.74, 6) is 0.0786. The number of rotatable bonds is 3. The average molecular weight is 283 g/mol. The lowest BCUT2D eigenvalue weighted by Gasteiger charge is -2.31. The Bertz CT molecular complexity index is 634. The first kappa shape index (κ1) is 13.1. The van der Waals surface area contributed by atoms with Crippen LogP contribution < -0.4 is 5.48 Å². The fourth-order valence-electron chi connectivity index (χ4n) is 2.33. The van der Waals surface area contributed by atoms with Gasteiger partial charge in [0.1, 0.15) is 18.5 Å². The van der Waals surface area contributed by atoms with E-state index in [9.17, 15) is 15.3 Å². The number of aliphatic hydroxyl groups is 3. The van der Waals surface area contributed by atoms with Gasteiger partial charge in [-0.25, -0.2) is 15.0 Å². The van der Waals surface area contributed by atoms with Crippen molar-refractivity contribution in [3.63, 3.8) is 0 Å². The number of fused-ring (bicyclic) bond motifs is 1. The van der Waals surface area contributed by atoms with Crippen LogP contribution in [0.15, 0.2) is 12.7 Å². The Kier molecular flexibility index (Phi) is 3.03. The molecule has 20 heavy (non-hydrogen) atoms. The summed E-state index contributed by atoms with van der Waals surface area (Å²) in [6.45, 7) is -0.708. The molecule has 10 nitrogen and oxygen atoms in total. The highest BCUT2D eigenvalue weighted by molar-refractivity contribution is 5.82. The van der Waals surface area contributed by atoms with Crippen molar-refractivity contribution in [3.05, 3.63) is 12.7 Å². The molecule has 1 fully saturated rings. The summed E-state index contributed by atoms with van der Waals surface area (Å²) in [4.78, 5) is 11.8. The zero-order chi connectivity index (χ0) is 14.3. The van der Waals surface area contributed by atoms with Gasteiger partial charge >= 0.3 is 0 Å². The minimum atomic E-state index is -1.57. The molecular weight excluding hydrogens is 270 g/mol. The van der Waals surface area contributed by atoms with Crippen LogP contribution in [0.4, 0.5) is 5.82 Å². The zero-order valence-corrected chi connectivity index (χ0v) is 10.2. The molecule has 10 heteroatoms. The molecule has 0 saturated carbocycles. The summed E-state index contributed by atoms with van der Waals surface area (Å²) in [6, 6.07) is 0. The monoisotopic (exact) mass is 283 g/mol. The summed E-state index contributed by atoms with van der Waals surface area (Å²) in [5.41, 5.74) is 0.779. The zero-order valence-electron chi connectivity index (χ0n) is 10.2. The molecule has 3 heterocycles. The molecule has 0 aromatic carbocycles. The van der Waals surface area contributed by atoms with Gasteiger partial charge in [0.25, 0.3) is 0 Å². The van der Waals surface area contributed by atoms with E-state index in [2.05, 4.69) is 15.0 Å². The van der Waals surface area contributed by atoms with E-state index in [0.29, 0.717) is 0 Å². The molecule has 3 rings (SSSR count). The van der Waals surface area contributed by atoms with Crippen molar-refractivity contribution < 1.29 is 25.3 Å². The molecule has 0 radical (unpaired) electrons. The molecule has 108 valence electrons. The fourth-order valence-corrected chi connectivity index (χ4v) is 2.33. The van der Waals surface area contributed by atoms with E-state index in [-0.39, 0.29) is 23.6 Å². The minimum absolute atomic E-state index is 0.0786. The van der Waals surface area contributed by atoms with E-state index < -0.39 is 24.5 Å². The van der Waals surface area contributed by atoms with E-state index in [1.54, 1.807) is 0 Å². The van der Waals surface area contributed by atoms with E-state index in [0.717, 1.165) is 0 Å². The predicted octanol–water partition coefficient (Wildman–Crippen LogP) is -1.98. The number of imidazole rings is 1. The molecule has 0 amide bonds. The number of aromatic nitrogens is 4. The Morgan fingerprint density at radius 1 is 1.40 bits per heavy atom. The number of anilines is 1. The topological polar surface area (TPSA) is 146 Å². The molecule has 1 aliphatic heterocycles. The maximum Gasteiger partial charge on any atom is 0.199 e. The van der Waals surface area contributed by atoms with E-state index in [4.69, 9.17) is 9.94 Å². The smallest absolute Gasteiger partial charge is 0.199 e. The van der Waals surface area contributed by atoms with E-state index in [1.165, 1.54) is 17.2 Å². The third-order valence-corrected chi connectivity index (χ3v) is 3.40. The second-order valence-corrected chi connectivity index (χ2v) is 4.45. The SMILES string of the molecule is OC[C@]1(n2cnc3c(NO)ncnc32)OC[C@H](O)[C@@H]1O. The lowest BCUT2D eigenvalue weighted by Crippen LogP contribution is -2.48. The van der Waals surface area contributed by atoms with Crippen molar-refractivity contribution >= 4 is 17.0 Å². The van der Waals surface area contributed by atoms with Crippen LogP contribution >= 0.6 is 0 Å². The molecule has 1 aliphatic rings. The van der Waals surface area contributed by atoms with Crippen LogP contribution in [0, 0.1) is 0 Å². The highest BCUT2D eigenvalue weighted by atomic mass is 16.6. The number of hydrogen-bond acceptors (Lipinski definition) is 9. The first-order valence-electron chi connectivity index (χ1n) is 5.83. The third-order valence-electron chi connectivity index (χ3n) is 3.40. The second kappa shape index (κ2) is 4.61. The van der Waals surface area contributed by atoms with Crippen molar-refractivity contribution in [1.29, 1.82) is 0 Å². The fraction of sp³-hybridized carbons (Fsp3) is 0.500. The number of ether oxygens (including phenoxy) is 1. The van der Waals surface area contributed by atoms with Crippen LogP contribution in [-0.2, 0) is 10.5 Å². The number of nitrogens with zero attached hydrogens (tertiary/aromatic N) is 4. The van der Waals surface area contributed by atoms with Crippen molar-refractivity contribution in [2.75, 3.05) is 18.7 Å². The number of hydrogen-bond donors (Lipinski definition) is 5. The summed E-state index contributed by atoms with van der Waals surface area (Å²) >= 11 is 0. The molecule has 0 bridgehead atoms. The van der Waals surface area contributed by atoms with Gasteiger partial charge in [0, 0.05) is 0 Å². The first-order chi connectivity index (χ1) is 9.64. The lowest BCUT2D eigenvalue weighted by molar-refractivity contribution is -0.149. The van der Waals surface area contributed by atoms with Gasteiger partial charge in [0.05, 0.1) is 19.5 Å². The Balaban J connectivity index is 2.19. The largest absolute Gasteiger partial charge is 0.391 e. The van der Waals surface area contributed by atoms with Gasteiger partial charge in [0.15, 0.2) is 22.7 Å². The Hall–Kier alpha value is -1.85. The van der Waals surface area contributed by atoms with E-state index in [1.807, 2.05) is 5.48 Å². The lowest BCUT2D eigenvalue weighted by atomic mass is 10.1. The molecule has 2 aromatic heterocycles. The summed E-state index contributed by atoms with van der Waals surface area (Å²) < 4.78 is 6.68. The van der Waals surface area contributed by atoms with Gasteiger partial charge < -0.3 is 20.1 Å². The van der Waals surface area contributed by atoms with Gasteiger partial charge in [-0.2, -0.15) is 0 Å². The molecule has 3 atom stereocenters. The average Bonchev–Trinajstić information content (AvgIpc) is 3.03. The Morgan fingerprint density at radius 2 is 2.20 bits per heavy atom. The summed E-state index contributed by atoms with van der Waals surface area (Å²) in [6.07, 6.45) is 0.00168. The van der Waals surface area contributed by atoms with Crippen LogP contribution in [0.1, 0.15) is 0 Å². The molecule has 0 aliphatic carbocycles. The molecule has 0 spiro atoms. The van der Waals surface area contributed by atoms with Crippen molar-refractivity contribution in [2.45, 2.75) is 17.9 Å². The molecule has 5 N–H and O–H groups in total. The molecule has 1 saturated heterocycles. The van der Waals surface area contributed by atoms with Crippen LogP contribution in [0.2, 0.25) is 0 Å². The predicted molar refractivity (Wildman–Crippen MR) is 63.8 cm³/mol. The third kappa shape index (κ3) is 1.60. The van der Waals surface area contributed by atoms with Gasteiger partial charge in [0.2, 0.25) is 0 Å². The van der Waals surface area contributed by atoms with Gasteiger partial charge in [-0.15, -0.1) is 0 Å². The quantitative estimate of drug-likeness (QED) is 0.404. The van der Waals surface area contributed by atoms with Crippen LogP contribution in [0.5, 0.6) is 0 Å². The number of nitrogens with one attached hydrogen (secondary N) is 1. The minimum Gasteiger partial charge on any atom is -0.391 e. The molecule has 0 unspecified atom stereocenters. The van der Waals surface area contributed by atoms with Crippen LogP contribution in [-0.4, -0.2) is 65.5 Å². The normalized spacial score (nSPS) is 30.0. The maximum atomic E-state index is 10.1. The first-order valence-corrected chi connectivity index (χ1v) is 5.83. The highest BCUT2D eigenvalue weighted by Crippen LogP contribution is 2.34. The van der Waals surface area contributed by atoms with Crippen molar-refractivity contribution in [1.82, 2.24) is 19.5 Å². The molecule has 2 aromatic rings. The van der Waals surface area contributed by atoms with Gasteiger partial charge in [-0.1, -0.05) is 0 Å². The van der Waals surface area contributed by atoms with Crippen LogP contribution in [0.25, 0.3) is 11.2 Å². The van der Waals surface area contributed by atoms with Gasteiger partial charge in [-0.3, -0.25) is 15.3 Å². The highest BCUT2D eigenvalue weighted by Gasteiger charge is 2.51. The summed E-state index contributed by atoms with van der Waals surface area (Å²) in [5, 5.41) is 38.3. The van der Waals surface area contributed by atoms with Crippen LogP contribution in [0.3, 0.4) is 0 Å². The van der Waals surface area contributed by atoms with Crippen molar-refractivity contribution in [3.8, 4) is 0 Å². The number of aliphatic hydroxyl groups excluding tert-OH is 3. The maximum absolute atomic E-state index is 10.1. The standard InChI is InChI=1S/C10H13N5O5/c16-2-10(7(18)5(17)1-20-10)15-4-13-6-8(14-19)11-3-12-9(6)15/h3-5,7,16-19H,1-2H2,(H,11,12,14)/t5-,7-,10-/m0/s1. The van der Waals surface area contributed by atoms with E-state index >= 15 is 0 Å². The molecular formula is C10H13N5O5. The summed E-state index contributed by atoms with van der Waals surface area (Å²) in [7, 11) is 0.